The van der Waals surface area contributed by atoms with E-state index in [9.17, 15) is 4.79 Å². The Labute approximate surface area is 206 Å². The van der Waals surface area contributed by atoms with Crippen molar-refractivity contribution in [1.29, 1.82) is 0 Å². The van der Waals surface area contributed by atoms with Gasteiger partial charge in [-0.3, -0.25) is 9.36 Å². The van der Waals surface area contributed by atoms with Crippen molar-refractivity contribution < 1.29 is 14.3 Å². The van der Waals surface area contributed by atoms with Crippen LogP contribution in [0.5, 0.6) is 11.5 Å². The normalized spacial score (nSPS) is 11.1. The zero-order valence-electron chi connectivity index (χ0n) is 19.1. The van der Waals surface area contributed by atoms with E-state index in [0.29, 0.717) is 51.0 Å². The number of rotatable bonds is 6. The molecule has 3 N–H and O–H groups in total. The van der Waals surface area contributed by atoms with Crippen LogP contribution in [-0.4, -0.2) is 34.7 Å². The van der Waals surface area contributed by atoms with Crippen LogP contribution in [0.2, 0.25) is 5.02 Å². The molecular formula is C26H22ClN5O3. The van der Waals surface area contributed by atoms with Crippen molar-refractivity contribution in [2.24, 2.45) is 0 Å². The monoisotopic (exact) mass is 487 g/mol. The molecule has 176 valence electrons. The van der Waals surface area contributed by atoms with Gasteiger partial charge in [0.2, 0.25) is 0 Å². The molecule has 5 aromatic rings. The lowest BCUT2D eigenvalue weighted by Crippen LogP contribution is -2.24. The van der Waals surface area contributed by atoms with Crippen LogP contribution in [0.15, 0.2) is 66.7 Å². The summed E-state index contributed by atoms with van der Waals surface area (Å²) in [4.78, 5) is 23.0. The van der Waals surface area contributed by atoms with E-state index in [1.54, 1.807) is 49.1 Å². The molecule has 0 atom stereocenters. The van der Waals surface area contributed by atoms with Crippen molar-refractivity contribution in [3.8, 4) is 17.2 Å². The predicted molar refractivity (Wildman–Crippen MR) is 137 cm³/mol. The number of nitrogens with two attached hydrogens (primary N) is 1. The lowest BCUT2D eigenvalue weighted by Gasteiger charge is -2.12. The van der Waals surface area contributed by atoms with Crippen LogP contribution in [0.4, 0.5) is 5.82 Å². The van der Waals surface area contributed by atoms with Crippen LogP contribution in [0.25, 0.3) is 27.9 Å². The van der Waals surface area contributed by atoms with Crippen LogP contribution in [0.3, 0.4) is 0 Å². The van der Waals surface area contributed by atoms with E-state index in [0.717, 1.165) is 5.56 Å². The molecule has 9 heteroatoms. The van der Waals surface area contributed by atoms with Crippen LogP contribution < -0.4 is 20.5 Å². The highest BCUT2D eigenvalue weighted by atomic mass is 35.5. The van der Waals surface area contributed by atoms with E-state index >= 15 is 0 Å². The summed E-state index contributed by atoms with van der Waals surface area (Å²) in [6, 6.07) is 20.1. The summed E-state index contributed by atoms with van der Waals surface area (Å²) in [7, 11) is 3.14. The van der Waals surface area contributed by atoms with Crippen molar-refractivity contribution in [3.63, 3.8) is 0 Å². The highest BCUT2D eigenvalue weighted by Crippen LogP contribution is 2.34. The summed E-state index contributed by atoms with van der Waals surface area (Å²) in [5, 5.41) is 3.56. The fraction of sp³-hybridized carbons (Fsp3) is 0.115. The lowest BCUT2D eigenvalue weighted by molar-refractivity contribution is 0.0953. The van der Waals surface area contributed by atoms with Gasteiger partial charge in [0.05, 0.1) is 30.9 Å². The van der Waals surface area contributed by atoms with Gasteiger partial charge in [-0.15, -0.1) is 0 Å². The van der Waals surface area contributed by atoms with Crippen molar-refractivity contribution in [3.05, 3.63) is 82.9 Å². The van der Waals surface area contributed by atoms with Gasteiger partial charge in [-0.25, -0.2) is 9.97 Å². The number of nitrogen functional groups attached to an aromatic ring is 1. The topological polar surface area (TPSA) is 104 Å². The minimum absolute atomic E-state index is 0.208. The predicted octanol–water partition coefficient (Wildman–Crippen LogP) is 4.76. The summed E-state index contributed by atoms with van der Waals surface area (Å²) in [6.07, 6.45) is 0. The zero-order valence-corrected chi connectivity index (χ0v) is 19.8. The molecule has 0 saturated carbocycles. The largest absolute Gasteiger partial charge is 0.497 e. The van der Waals surface area contributed by atoms with Crippen molar-refractivity contribution in [1.82, 2.24) is 19.9 Å². The van der Waals surface area contributed by atoms with Crippen LogP contribution in [0, 0.1) is 0 Å². The Morgan fingerprint density at radius 3 is 2.23 bits per heavy atom. The van der Waals surface area contributed by atoms with Gasteiger partial charge in [-0.1, -0.05) is 35.9 Å². The third-order valence-corrected chi connectivity index (χ3v) is 5.94. The van der Waals surface area contributed by atoms with E-state index in [2.05, 4.69) is 5.32 Å². The summed E-state index contributed by atoms with van der Waals surface area (Å²) >= 11 is 5.97. The number of carbonyl (C=O) groups is 1. The molecule has 2 aromatic heterocycles. The Balaban J connectivity index is 1.68. The Hall–Kier alpha value is -4.30. The summed E-state index contributed by atoms with van der Waals surface area (Å²) in [5.74, 6) is 0.992. The van der Waals surface area contributed by atoms with Crippen molar-refractivity contribution >= 4 is 45.5 Å². The maximum atomic E-state index is 13.4. The van der Waals surface area contributed by atoms with Crippen LogP contribution in [-0.2, 0) is 6.54 Å². The Morgan fingerprint density at radius 2 is 1.60 bits per heavy atom. The fourth-order valence-corrected chi connectivity index (χ4v) is 4.07. The van der Waals surface area contributed by atoms with Gasteiger partial charge in [0, 0.05) is 29.8 Å². The number of amides is 1. The minimum Gasteiger partial charge on any atom is -0.497 e. The number of ether oxygens (including phenoxy) is 2. The Bertz CT molecular complexity index is 1540. The molecule has 0 aliphatic carbocycles. The number of hydrogen-bond acceptors (Lipinski definition) is 6. The SMILES string of the molecule is COc1cc(OC)cc(-n2c(N)c(C(=O)NCc3ccc(Cl)cc3)c3nc4ccccc4nc32)c1. The minimum atomic E-state index is -0.361. The second-order valence-electron chi connectivity index (χ2n) is 7.86. The maximum absolute atomic E-state index is 13.4. The van der Waals surface area contributed by atoms with E-state index in [1.807, 2.05) is 36.4 Å². The molecule has 0 radical (unpaired) electrons. The van der Waals surface area contributed by atoms with Gasteiger partial charge >= 0.3 is 0 Å². The second kappa shape index (κ2) is 9.15. The number of methoxy groups -OCH3 is 2. The fourth-order valence-electron chi connectivity index (χ4n) is 3.94. The Morgan fingerprint density at radius 1 is 0.971 bits per heavy atom. The molecule has 0 bridgehead atoms. The lowest BCUT2D eigenvalue weighted by atomic mass is 10.2. The molecule has 35 heavy (non-hydrogen) atoms. The molecule has 1 amide bonds. The van der Waals surface area contributed by atoms with Crippen LogP contribution in [0.1, 0.15) is 15.9 Å². The maximum Gasteiger partial charge on any atom is 0.257 e. The van der Waals surface area contributed by atoms with Gasteiger partial charge in [-0.05, 0) is 29.8 Å². The van der Waals surface area contributed by atoms with E-state index in [4.69, 9.17) is 36.8 Å². The molecule has 0 fully saturated rings. The Kier molecular flexibility index (Phi) is 5.88. The smallest absolute Gasteiger partial charge is 0.257 e. The number of nitrogens with one attached hydrogen (secondary N) is 1. The molecule has 0 aliphatic rings. The van der Waals surface area contributed by atoms with Crippen molar-refractivity contribution in [2.45, 2.75) is 6.54 Å². The second-order valence-corrected chi connectivity index (χ2v) is 8.30. The summed E-state index contributed by atoms with van der Waals surface area (Å²) < 4.78 is 12.6. The molecule has 5 rings (SSSR count). The number of para-hydroxylation sites is 2. The van der Waals surface area contributed by atoms with E-state index < -0.39 is 0 Å². The number of benzene rings is 3. The molecule has 0 unspecified atom stereocenters. The van der Waals surface area contributed by atoms with Gasteiger partial charge in [0.25, 0.3) is 5.91 Å². The average Bonchev–Trinajstić information content (AvgIpc) is 3.16. The summed E-state index contributed by atoms with van der Waals surface area (Å²) in [5.41, 5.74) is 10.6. The average molecular weight is 488 g/mol. The van der Waals surface area contributed by atoms with Gasteiger partial charge in [-0.2, -0.15) is 0 Å². The number of nitrogens with zero attached hydrogens (tertiary/aromatic N) is 3. The highest BCUT2D eigenvalue weighted by molar-refractivity contribution is 6.30. The van der Waals surface area contributed by atoms with Crippen LogP contribution >= 0.6 is 11.6 Å². The number of aromatic nitrogens is 3. The first kappa shape index (κ1) is 22.5. The van der Waals surface area contributed by atoms with Gasteiger partial charge < -0.3 is 20.5 Å². The highest BCUT2D eigenvalue weighted by Gasteiger charge is 2.25. The number of carbonyl (C=O) groups excluding carboxylic acids is 1. The molecular weight excluding hydrogens is 466 g/mol. The zero-order chi connectivity index (χ0) is 24.5. The molecule has 0 saturated heterocycles. The standard InChI is InChI=1S/C26H22ClN5O3/c1-34-18-11-17(12-19(13-18)35-2)32-24(28)22(26(33)29-14-15-7-9-16(27)10-8-15)23-25(32)31-21-6-4-3-5-20(21)30-23/h3-13H,14,28H2,1-2H3,(H,29,33). The van der Waals surface area contributed by atoms with Gasteiger partial charge in [0.15, 0.2) is 5.65 Å². The van der Waals surface area contributed by atoms with Crippen molar-refractivity contribution in [2.75, 3.05) is 20.0 Å². The number of fused-ring (bicyclic) bond motifs is 2. The first-order valence-electron chi connectivity index (χ1n) is 10.8. The number of hydrogen-bond donors (Lipinski definition) is 2. The third kappa shape index (κ3) is 4.20. The number of halogens is 1. The first-order valence-corrected chi connectivity index (χ1v) is 11.2. The third-order valence-electron chi connectivity index (χ3n) is 5.69. The molecule has 2 heterocycles. The van der Waals surface area contributed by atoms with E-state index in [1.165, 1.54) is 0 Å². The van der Waals surface area contributed by atoms with Gasteiger partial charge in [0.1, 0.15) is 28.4 Å². The number of anilines is 1. The quantitative estimate of drug-likeness (QED) is 0.358. The molecule has 8 nitrogen and oxygen atoms in total. The molecule has 0 spiro atoms. The molecule has 3 aromatic carbocycles. The molecule has 0 aliphatic heterocycles. The first-order chi connectivity index (χ1) is 17.0. The summed E-state index contributed by atoms with van der Waals surface area (Å²) in [6.45, 7) is 0.302. The van der Waals surface area contributed by atoms with E-state index in [-0.39, 0.29) is 17.3 Å².